The number of guanidine groups is 1. The number of nitrogens with zero attached hydrogens (tertiary/aromatic N) is 2. The molecule has 5 heteroatoms. The van der Waals surface area contributed by atoms with Gasteiger partial charge in [0.05, 0.1) is 0 Å². The highest BCUT2D eigenvalue weighted by Gasteiger charge is 2.18. The number of para-hydroxylation sites is 1. The molecule has 0 spiro atoms. The van der Waals surface area contributed by atoms with Crippen LogP contribution in [0.5, 0.6) is 0 Å². The Hall–Kier alpha value is -0.820. The summed E-state index contributed by atoms with van der Waals surface area (Å²) in [5, 5.41) is 3.36. The number of nitrogens with one attached hydrogen (secondary N) is 1. The number of anilines is 1. The van der Waals surface area contributed by atoms with Gasteiger partial charge in [0.25, 0.3) is 0 Å². The van der Waals surface area contributed by atoms with Crippen molar-refractivity contribution in [2.24, 2.45) is 16.6 Å². The first-order valence-corrected chi connectivity index (χ1v) is 9.07. The Morgan fingerprint density at radius 1 is 1.25 bits per heavy atom. The molecule has 1 fully saturated rings. The fraction of sp³-hybridized carbons (Fsp3) is 0.632. The zero-order chi connectivity index (χ0) is 16.7. The van der Waals surface area contributed by atoms with Crippen LogP contribution in [0.15, 0.2) is 23.2 Å². The number of likely N-dealkylation sites (tertiary alicyclic amines) is 1. The van der Waals surface area contributed by atoms with Crippen LogP contribution >= 0.6 is 24.0 Å². The lowest BCUT2D eigenvalue weighted by Gasteiger charge is -2.31. The molecule has 1 saturated heterocycles. The van der Waals surface area contributed by atoms with Crippen molar-refractivity contribution in [1.82, 2.24) is 4.90 Å². The van der Waals surface area contributed by atoms with Crippen LogP contribution in [-0.2, 0) is 12.8 Å². The molecule has 0 amide bonds. The highest BCUT2D eigenvalue weighted by Crippen LogP contribution is 2.22. The van der Waals surface area contributed by atoms with Crippen LogP contribution in [0.4, 0.5) is 5.69 Å². The summed E-state index contributed by atoms with van der Waals surface area (Å²) in [4.78, 5) is 7.13. The Balaban J connectivity index is 0.00000288. The third-order valence-electron chi connectivity index (χ3n) is 4.82. The fourth-order valence-corrected chi connectivity index (χ4v) is 3.39. The number of hydrogen-bond acceptors (Lipinski definition) is 2. The van der Waals surface area contributed by atoms with Crippen LogP contribution in [-0.4, -0.2) is 37.0 Å². The standard InChI is InChI=1S/C19H32N4.HI/c1-4-16-10-7-11-17(5-2)18(16)22-19(20)21-13-15-9-8-12-23(6-3)14-15;/h7,10-11,15H,4-6,8-9,12-14H2,1-3H3,(H3,20,21,22);1H. The summed E-state index contributed by atoms with van der Waals surface area (Å²) in [5.41, 5.74) is 9.92. The topological polar surface area (TPSA) is 53.6 Å². The highest BCUT2D eigenvalue weighted by atomic mass is 127. The van der Waals surface area contributed by atoms with E-state index in [0.717, 1.165) is 38.2 Å². The van der Waals surface area contributed by atoms with E-state index in [9.17, 15) is 0 Å². The van der Waals surface area contributed by atoms with Gasteiger partial charge in [-0.25, -0.2) is 0 Å². The first-order chi connectivity index (χ1) is 11.2. The molecule has 2 rings (SSSR count). The summed E-state index contributed by atoms with van der Waals surface area (Å²) in [6.07, 6.45) is 4.54. The van der Waals surface area contributed by atoms with E-state index in [-0.39, 0.29) is 24.0 Å². The van der Waals surface area contributed by atoms with Gasteiger partial charge in [-0.15, -0.1) is 24.0 Å². The summed E-state index contributed by atoms with van der Waals surface area (Å²) in [6, 6.07) is 6.45. The largest absolute Gasteiger partial charge is 0.370 e. The van der Waals surface area contributed by atoms with Crippen LogP contribution in [0, 0.1) is 5.92 Å². The van der Waals surface area contributed by atoms with Crippen molar-refractivity contribution in [2.75, 3.05) is 31.5 Å². The normalized spacial score (nSPS) is 19.0. The first kappa shape index (κ1) is 21.2. The van der Waals surface area contributed by atoms with Gasteiger partial charge in [0, 0.05) is 18.8 Å². The molecule has 1 atom stereocenters. The molecule has 1 aromatic carbocycles. The molecule has 0 bridgehead atoms. The number of hydrogen-bond donors (Lipinski definition) is 2. The Labute approximate surface area is 164 Å². The van der Waals surface area contributed by atoms with Gasteiger partial charge in [0.2, 0.25) is 0 Å². The SMILES string of the molecule is CCc1cccc(CC)c1NC(N)=NCC1CCCN(CC)C1.I. The highest BCUT2D eigenvalue weighted by molar-refractivity contribution is 14.0. The van der Waals surface area contributed by atoms with Crippen molar-refractivity contribution >= 4 is 35.6 Å². The van der Waals surface area contributed by atoms with Crippen LogP contribution in [0.1, 0.15) is 44.7 Å². The summed E-state index contributed by atoms with van der Waals surface area (Å²) in [6.45, 7) is 10.9. The molecule has 0 radical (unpaired) electrons. The summed E-state index contributed by atoms with van der Waals surface area (Å²) in [7, 11) is 0. The predicted octanol–water partition coefficient (Wildman–Crippen LogP) is 3.89. The number of rotatable bonds is 6. The predicted molar refractivity (Wildman–Crippen MR) is 116 cm³/mol. The van der Waals surface area contributed by atoms with Crippen molar-refractivity contribution in [1.29, 1.82) is 0 Å². The molecule has 24 heavy (non-hydrogen) atoms. The maximum absolute atomic E-state index is 6.16. The minimum Gasteiger partial charge on any atom is -0.370 e. The zero-order valence-corrected chi connectivity index (χ0v) is 17.7. The molecule has 1 unspecified atom stereocenters. The number of halogens is 1. The lowest BCUT2D eigenvalue weighted by atomic mass is 9.98. The summed E-state index contributed by atoms with van der Waals surface area (Å²) in [5.74, 6) is 1.19. The maximum Gasteiger partial charge on any atom is 0.193 e. The van der Waals surface area contributed by atoms with Gasteiger partial charge >= 0.3 is 0 Å². The first-order valence-electron chi connectivity index (χ1n) is 9.07. The second-order valence-electron chi connectivity index (χ2n) is 6.41. The van der Waals surface area contributed by atoms with Crippen LogP contribution < -0.4 is 11.1 Å². The van der Waals surface area contributed by atoms with Gasteiger partial charge in [-0.2, -0.15) is 0 Å². The van der Waals surface area contributed by atoms with Gasteiger partial charge in [-0.1, -0.05) is 39.0 Å². The molecular weight excluding hydrogens is 411 g/mol. The van der Waals surface area contributed by atoms with E-state index in [0.29, 0.717) is 11.9 Å². The van der Waals surface area contributed by atoms with E-state index in [4.69, 9.17) is 5.73 Å². The van der Waals surface area contributed by atoms with Crippen molar-refractivity contribution in [2.45, 2.75) is 46.5 Å². The Morgan fingerprint density at radius 3 is 2.50 bits per heavy atom. The molecule has 4 nitrogen and oxygen atoms in total. The number of nitrogens with two attached hydrogens (primary N) is 1. The van der Waals surface area contributed by atoms with Crippen molar-refractivity contribution < 1.29 is 0 Å². The molecule has 3 N–H and O–H groups in total. The van der Waals surface area contributed by atoms with E-state index in [1.807, 2.05) is 0 Å². The smallest absolute Gasteiger partial charge is 0.193 e. The molecule has 1 heterocycles. The van der Waals surface area contributed by atoms with E-state index in [2.05, 4.69) is 54.2 Å². The quantitative estimate of drug-likeness (QED) is 0.398. The molecular formula is C19H33IN4. The van der Waals surface area contributed by atoms with Gasteiger partial charge in [-0.3, -0.25) is 4.99 Å². The Morgan fingerprint density at radius 2 is 1.92 bits per heavy atom. The molecule has 136 valence electrons. The number of aliphatic imine (C=N–C) groups is 1. The summed E-state index contributed by atoms with van der Waals surface area (Å²) < 4.78 is 0. The van der Waals surface area contributed by atoms with Crippen LogP contribution in [0.2, 0.25) is 0 Å². The Kier molecular flexibility index (Phi) is 9.66. The average molecular weight is 444 g/mol. The van der Waals surface area contributed by atoms with Gasteiger partial charge in [0.15, 0.2) is 5.96 Å². The third kappa shape index (κ3) is 5.92. The minimum absolute atomic E-state index is 0. The molecule has 0 aromatic heterocycles. The van der Waals surface area contributed by atoms with Gasteiger partial charge in [0.1, 0.15) is 0 Å². The van der Waals surface area contributed by atoms with E-state index >= 15 is 0 Å². The Bertz CT molecular complexity index is 508. The number of piperidine rings is 1. The second-order valence-corrected chi connectivity index (χ2v) is 6.41. The zero-order valence-electron chi connectivity index (χ0n) is 15.3. The van der Waals surface area contributed by atoms with Gasteiger partial charge in [-0.05, 0) is 55.8 Å². The average Bonchev–Trinajstić information content (AvgIpc) is 2.60. The molecule has 1 aliphatic rings. The lowest BCUT2D eigenvalue weighted by molar-refractivity contribution is 0.187. The summed E-state index contributed by atoms with van der Waals surface area (Å²) >= 11 is 0. The fourth-order valence-electron chi connectivity index (χ4n) is 3.39. The second kappa shape index (κ2) is 10.9. The van der Waals surface area contributed by atoms with Gasteiger partial charge < -0.3 is 16.0 Å². The third-order valence-corrected chi connectivity index (χ3v) is 4.82. The van der Waals surface area contributed by atoms with E-state index in [1.165, 1.54) is 30.5 Å². The number of aryl methyl sites for hydroxylation is 2. The molecule has 0 saturated carbocycles. The van der Waals surface area contributed by atoms with Crippen LogP contribution in [0.25, 0.3) is 0 Å². The van der Waals surface area contributed by atoms with Crippen LogP contribution in [0.3, 0.4) is 0 Å². The van der Waals surface area contributed by atoms with E-state index in [1.54, 1.807) is 0 Å². The number of benzene rings is 1. The monoisotopic (exact) mass is 444 g/mol. The molecule has 1 aromatic rings. The minimum atomic E-state index is 0. The van der Waals surface area contributed by atoms with Crippen molar-refractivity contribution in [3.63, 3.8) is 0 Å². The van der Waals surface area contributed by atoms with Crippen molar-refractivity contribution in [3.8, 4) is 0 Å². The maximum atomic E-state index is 6.16. The molecule has 1 aliphatic heterocycles. The lowest BCUT2D eigenvalue weighted by Crippen LogP contribution is -2.36. The van der Waals surface area contributed by atoms with E-state index < -0.39 is 0 Å². The molecule has 0 aliphatic carbocycles. The van der Waals surface area contributed by atoms with Crippen molar-refractivity contribution in [3.05, 3.63) is 29.3 Å².